The summed E-state index contributed by atoms with van der Waals surface area (Å²) in [6.07, 6.45) is 7.41. The molecule has 172 valence electrons. The van der Waals surface area contributed by atoms with Crippen LogP contribution in [0.25, 0.3) is 0 Å². The number of sulfonamides is 1. The number of nitrogens with zero attached hydrogens (tertiary/aromatic N) is 1. The van der Waals surface area contributed by atoms with Gasteiger partial charge in [-0.25, -0.2) is 13.1 Å². The van der Waals surface area contributed by atoms with E-state index in [1.807, 2.05) is 4.90 Å². The van der Waals surface area contributed by atoms with E-state index in [0.717, 1.165) is 51.6 Å². The third kappa shape index (κ3) is 6.77. The molecule has 1 atom stereocenters. The zero-order chi connectivity index (χ0) is 22.3. The lowest BCUT2D eigenvalue weighted by molar-refractivity contribution is -0.137. The molecule has 2 fully saturated rings. The summed E-state index contributed by atoms with van der Waals surface area (Å²) in [5.41, 5.74) is 0. The van der Waals surface area contributed by atoms with Crippen molar-refractivity contribution in [1.29, 1.82) is 0 Å². The van der Waals surface area contributed by atoms with Crippen molar-refractivity contribution in [2.24, 2.45) is 11.8 Å². The average Bonchev–Trinajstić information content (AvgIpc) is 3.07. The predicted molar refractivity (Wildman–Crippen MR) is 120 cm³/mol. The molecule has 1 aromatic rings. The van der Waals surface area contributed by atoms with E-state index in [1.54, 1.807) is 37.3 Å². The van der Waals surface area contributed by atoms with Crippen molar-refractivity contribution in [3.63, 3.8) is 0 Å². The lowest BCUT2D eigenvalue weighted by Crippen LogP contribution is -2.49. The molecule has 3 rings (SSSR count). The summed E-state index contributed by atoms with van der Waals surface area (Å²) in [5.74, 6) is 0.0679. The first-order chi connectivity index (χ1) is 14.9. The lowest BCUT2D eigenvalue weighted by atomic mass is 9.81. The van der Waals surface area contributed by atoms with E-state index in [-0.39, 0.29) is 28.5 Å². The van der Waals surface area contributed by atoms with Gasteiger partial charge in [0, 0.05) is 25.6 Å². The van der Waals surface area contributed by atoms with Gasteiger partial charge in [-0.3, -0.25) is 9.59 Å². The van der Waals surface area contributed by atoms with Crippen molar-refractivity contribution in [2.75, 3.05) is 19.6 Å². The number of rotatable bonds is 7. The maximum Gasteiger partial charge on any atom is 0.244 e. The van der Waals surface area contributed by atoms with Crippen LogP contribution in [0, 0.1) is 11.8 Å². The number of likely N-dealkylation sites (tertiary alicyclic amines) is 1. The highest BCUT2D eigenvalue weighted by Crippen LogP contribution is 2.29. The Morgan fingerprint density at radius 3 is 2.23 bits per heavy atom. The number of nitrogens with one attached hydrogen (secondary N) is 2. The van der Waals surface area contributed by atoms with Gasteiger partial charge in [-0.1, -0.05) is 31.0 Å². The highest BCUT2D eigenvalue weighted by atomic mass is 32.2. The Bertz CT molecular complexity index is 828. The van der Waals surface area contributed by atoms with Gasteiger partial charge in [-0.05, 0) is 63.5 Å². The van der Waals surface area contributed by atoms with Gasteiger partial charge < -0.3 is 10.2 Å². The maximum absolute atomic E-state index is 12.7. The fraction of sp³-hybridized carbons (Fsp3) is 0.652. The Morgan fingerprint density at radius 2 is 1.61 bits per heavy atom. The van der Waals surface area contributed by atoms with Gasteiger partial charge in [-0.2, -0.15) is 0 Å². The number of hydrogen-bond acceptors (Lipinski definition) is 4. The van der Waals surface area contributed by atoms with Gasteiger partial charge in [0.25, 0.3) is 0 Å². The Kier molecular flexibility index (Phi) is 8.49. The van der Waals surface area contributed by atoms with Gasteiger partial charge in [-0.15, -0.1) is 0 Å². The molecular formula is C23H35N3O4S. The number of hydrogen-bond donors (Lipinski definition) is 2. The second-order valence-electron chi connectivity index (χ2n) is 8.85. The van der Waals surface area contributed by atoms with E-state index in [9.17, 15) is 18.0 Å². The molecule has 1 heterocycles. The SMILES string of the molecule is CC(NC(=O)C1CCC(CNS(=O)(=O)c2ccccc2)CC1)C(=O)N1CCCCCC1. The summed E-state index contributed by atoms with van der Waals surface area (Å²) < 4.78 is 27.4. The molecule has 1 unspecified atom stereocenters. The second-order valence-corrected chi connectivity index (χ2v) is 10.6. The molecule has 1 saturated heterocycles. The molecule has 8 heteroatoms. The van der Waals surface area contributed by atoms with Crippen molar-refractivity contribution < 1.29 is 18.0 Å². The standard InChI is InChI=1S/C23H35N3O4S/c1-18(23(28)26-15-7-2-3-8-16-26)25-22(27)20-13-11-19(12-14-20)17-24-31(29,30)21-9-5-4-6-10-21/h4-6,9-10,18-20,24H,2-3,7-8,11-17H2,1H3,(H,25,27). The van der Waals surface area contributed by atoms with Crippen molar-refractivity contribution >= 4 is 21.8 Å². The zero-order valence-electron chi connectivity index (χ0n) is 18.4. The predicted octanol–water partition coefficient (Wildman–Crippen LogP) is 2.68. The van der Waals surface area contributed by atoms with Gasteiger partial charge >= 0.3 is 0 Å². The summed E-state index contributed by atoms with van der Waals surface area (Å²) in [5, 5.41) is 2.92. The van der Waals surface area contributed by atoms with Crippen molar-refractivity contribution in [3.8, 4) is 0 Å². The van der Waals surface area contributed by atoms with Crippen molar-refractivity contribution in [3.05, 3.63) is 30.3 Å². The van der Waals surface area contributed by atoms with Gasteiger partial charge in [0.2, 0.25) is 21.8 Å². The Hall–Kier alpha value is -1.93. The number of benzene rings is 1. The first kappa shape index (κ1) is 23.7. The summed E-state index contributed by atoms with van der Waals surface area (Å²) in [4.78, 5) is 27.5. The highest BCUT2D eigenvalue weighted by Gasteiger charge is 2.30. The summed E-state index contributed by atoms with van der Waals surface area (Å²) >= 11 is 0. The summed E-state index contributed by atoms with van der Waals surface area (Å²) in [7, 11) is -3.50. The minimum Gasteiger partial charge on any atom is -0.344 e. The first-order valence-corrected chi connectivity index (χ1v) is 13.0. The van der Waals surface area contributed by atoms with Crippen LogP contribution in [-0.4, -0.2) is 50.8 Å². The van der Waals surface area contributed by atoms with Crippen molar-refractivity contribution in [2.45, 2.75) is 69.2 Å². The Labute approximate surface area is 186 Å². The Balaban J connectivity index is 1.41. The maximum atomic E-state index is 12.7. The minimum absolute atomic E-state index is 0.0132. The van der Waals surface area contributed by atoms with E-state index in [4.69, 9.17) is 0 Å². The molecule has 1 saturated carbocycles. The summed E-state index contributed by atoms with van der Waals surface area (Å²) in [6.45, 7) is 3.72. The molecule has 0 aromatic heterocycles. The van der Waals surface area contributed by atoms with Crippen LogP contribution in [-0.2, 0) is 19.6 Å². The molecule has 1 aromatic carbocycles. The zero-order valence-corrected chi connectivity index (χ0v) is 19.2. The van der Waals surface area contributed by atoms with Gasteiger partial charge in [0.1, 0.15) is 6.04 Å². The van der Waals surface area contributed by atoms with E-state index >= 15 is 0 Å². The molecule has 0 radical (unpaired) electrons. The van der Waals surface area contributed by atoms with Crippen LogP contribution in [0.15, 0.2) is 35.2 Å². The topological polar surface area (TPSA) is 95.6 Å². The fourth-order valence-electron chi connectivity index (χ4n) is 4.50. The molecule has 2 aliphatic rings. The smallest absolute Gasteiger partial charge is 0.244 e. The average molecular weight is 450 g/mol. The normalized spacial score (nSPS) is 23.6. The van der Waals surface area contributed by atoms with Crippen LogP contribution in [0.2, 0.25) is 0 Å². The molecule has 1 aliphatic heterocycles. The van der Waals surface area contributed by atoms with Gasteiger partial charge in [0.05, 0.1) is 4.90 Å². The third-order valence-electron chi connectivity index (χ3n) is 6.48. The number of carbonyl (C=O) groups is 2. The molecule has 2 N–H and O–H groups in total. The van der Waals surface area contributed by atoms with Gasteiger partial charge in [0.15, 0.2) is 0 Å². The molecule has 31 heavy (non-hydrogen) atoms. The molecular weight excluding hydrogens is 414 g/mol. The van der Waals surface area contributed by atoms with Crippen LogP contribution in [0.5, 0.6) is 0 Å². The third-order valence-corrected chi connectivity index (χ3v) is 7.92. The fourth-order valence-corrected chi connectivity index (χ4v) is 5.63. The van der Waals surface area contributed by atoms with Crippen LogP contribution >= 0.6 is 0 Å². The number of amides is 2. The Morgan fingerprint density at radius 1 is 1.00 bits per heavy atom. The quantitative estimate of drug-likeness (QED) is 0.669. The van der Waals surface area contributed by atoms with E-state index in [0.29, 0.717) is 19.4 Å². The molecule has 2 amide bonds. The first-order valence-electron chi connectivity index (χ1n) is 11.5. The minimum atomic E-state index is -3.50. The lowest BCUT2D eigenvalue weighted by Gasteiger charge is -2.30. The summed E-state index contributed by atoms with van der Waals surface area (Å²) in [6, 6.07) is 7.86. The monoisotopic (exact) mass is 449 g/mol. The van der Waals surface area contributed by atoms with Crippen LogP contribution in [0.3, 0.4) is 0 Å². The largest absolute Gasteiger partial charge is 0.344 e. The number of carbonyl (C=O) groups excluding carboxylic acids is 2. The molecule has 7 nitrogen and oxygen atoms in total. The van der Waals surface area contributed by atoms with Crippen LogP contribution in [0.4, 0.5) is 0 Å². The van der Waals surface area contributed by atoms with E-state index < -0.39 is 16.1 Å². The molecule has 0 spiro atoms. The van der Waals surface area contributed by atoms with E-state index in [1.165, 1.54) is 0 Å². The van der Waals surface area contributed by atoms with Crippen molar-refractivity contribution in [1.82, 2.24) is 14.9 Å². The highest BCUT2D eigenvalue weighted by molar-refractivity contribution is 7.89. The van der Waals surface area contributed by atoms with E-state index in [2.05, 4.69) is 10.0 Å². The molecule has 0 bridgehead atoms. The second kappa shape index (κ2) is 11.1. The van der Waals surface area contributed by atoms with Crippen LogP contribution < -0.4 is 10.0 Å². The van der Waals surface area contributed by atoms with Crippen LogP contribution in [0.1, 0.15) is 58.3 Å². The molecule has 1 aliphatic carbocycles.